The van der Waals surface area contributed by atoms with E-state index in [4.69, 9.17) is 16.3 Å². The standard InChI is InChI=1S/C14H18ClNO2.C6H3F2NO/c1-16-7-5-14(6-8-16)9-12(17)10-3-2-4-11(15)13(10)18-14;7-5-2-1-4(9-10)3-6(5)8/h2-4,12,17H,5-9H2,1H3;1-3H. The van der Waals surface area contributed by atoms with E-state index in [0.717, 1.165) is 49.7 Å². The number of ether oxygens (including phenoxy) is 1. The second-order valence-electron chi connectivity index (χ2n) is 7.16. The molecule has 2 aliphatic rings. The van der Waals surface area contributed by atoms with E-state index in [1.54, 1.807) is 0 Å². The third-order valence-electron chi connectivity index (χ3n) is 5.15. The van der Waals surface area contributed by atoms with Crippen LogP contribution in [-0.4, -0.2) is 35.7 Å². The van der Waals surface area contributed by atoms with E-state index in [1.165, 1.54) is 0 Å². The maximum absolute atomic E-state index is 12.2. The number of nitrogens with zero attached hydrogens (tertiary/aromatic N) is 2. The Morgan fingerprint density at radius 3 is 2.57 bits per heavy atom. The van der Waals surface area contributed by atoms with Crippen molar-refractivity contribution in [2.75, 3.05) is 20.1 Å². The summed E-state index contributed by atoms with van der Waals surface area (Å²) in [6, 6.07) is 8.27. The molecule has 2 aromatic rings. The molecule has 1 spiro atoms. The molecule has 1 atom stereocenters. The lowest BCUT2D eigenvalue weighted by molar-refractivity contribution is -0.0502. The van der Waals surface area contributed by atoms with Crippen molar-refractivity contribution in [2.45, 2.75) is 31.0 Å². The lowest BCUT2D eigenvalue weighted by Crippen LogP contribution is -2.49. The second kappa shape index (κ2) is 8.51. The molecule has 150 valence electrons. The highest BCUT2D eigenvalue weighted by Crippen LogP contribution is 2.46. The zero-order valence-corrected chi connectivity index (χ0v) is 16.1. The van der Waals surface area contributed by atoms with E-state index < -0.39 is 17.7 Å². The van der Waals surface area contributed by atoms with E-state index >= 15 is 0 Å². The van der Waals surface area contributed by atoms with Crippen LogP contribution in [0.15, 0.2) is 41.6 Å². The van der Waals surface area contributed by atoms with Gasteiger partial charge < -0.3 is 14.7 Å². The minimum absolute atomic E-state index is 0.112. The first-order chi connectivity index (χ1) is 13.3. The molecule has 0 aromatic heterocycles. The third-order valence-corrected chi connectivity index (χ3v) is 5.44. The molecule has 28 heavy (non-hydrogen) atoms. The largest absolute Gasteiger partial charge is 0.485 e. The predicted molar refractivity (Wildman–Crippen MR) is 103 cm³/mol. The van der Waals surface area contributed by atoms with Gasteiger partial charge in [-0.25, -0.2) is 8.78 Å². The summed E-state index contributed by atoms with van der Waals surface area (Å²) in [6.45, 7) is 2.01. The molecule has 2 aromatic carbocycles. The first-order valence-electron chi connectivity index (χ1n) is 8.96. The van der Waals surface area contributed by atoms with Gasteiger partial charge in [-0.2, -0.15) is 0 Å². The fourth-order valence-electron chi connectivity index (χ4n) is 3.49. The van der Waals surface area contributed by atoms with Gasteiger partial charge >= 0.3 is 0 Å². The quantitative estimate of drug-likeness (QED) is 0.673. The number of likely N-dealkylation sites (tertiary alicyclic amines) is 1. The molecule has 0 bridgehead atoms. The SMILES string of the molecule is CN1CCC2(CC1)CC(O)c1cccc(Cl)c1O2.O=Nc1ccc(F)c(F)c1. The van der Waals surface area contributed by atoms with E-state index in [9.17, 15) is 18.8 Å². The summed E-state index contributed by atoms with van der Waals surface area (Å²) >= 11 is 6.19. The van der Waals surface area contributed by atoms with Gasteiger partial charge in [-0.1, -0.05) is 23.7 Å². The molecule has 8 heteroatoms. The summed E-state index contributed by atoms with van der Waals surface area (Å²) in [5.74, 6) is -1.35. The average molecular weight is 411 g/mol. The summed E-state index contributed by atoms with van der Waals surface area (Å²) in [7, 11) is 2.12. The molecule has 0 saturated carbocycles. The number of fused-ring (bicyclic) bond motifs is 1. The van der Waals surface area contributed by atoms with E-state index in [0.29, 0.717) is 17.2 Å². The molecular weight excluding hydrogens is 390 g/mol. The van der Waals surface area contributed by atoms with Crippen LogP contribution < -0.4 is 4.74 Å². The summed E-state index contributed by atoms with van der Waals surface area (Å²) in [5.41, 5.74) is 0.482. The number of benzene rings is 2. The molecule has 5 nitrogen and oxygen atoms in total. The minimum atomic E-state index is -1.06. The van der Waals surface area contributed by atoms with E-state index in [2.05, 4.69) is 17.1 Å². The highest BCUT2D eigenvalue weighted by molar-refractivity contribution is 6.32. The number of nitroso groups, excluding NO2 is 1. The van der Waals surface area contributed by atoms with Crippen molar-refractivity contribution in [1.29, 1.82) is 0 Å². The molecule has 1 N–H and O–H groups in total. The predicted octanol–water partition coefficient (Wildman–Crippen LogP) is 4.98. The summed E-state index contributed by atoms with van der Waals surface area (Å²) < 4.78 is 30.5. The third kappa shape index (κ3) is 4.48. The molecular formula is C20H21ClF2N2O3. The van der Waals surface area contributed by atoms with Gasteiger partial charge in [-0.3, -0.25) is 0 Å². The smallest absolute Gasteiger partial charge is 0.161 e. The number of halogens is 3. The summed E-state index contributed by atoms with van der Waals surface area (Å²) in [5, 5.41) is 13.3. The number of para-hydroxylation sites is 1. The molecule has 1 unspecified atom stereocenters. The monoisotopic (exact) mass is 410 g/mol. The van der Waals surface area contributed by atoms with Crippen molar-refractivity contribution in [1.82, 2.24) is 4.90 Å². The van der Waals surface area contributed by atoms with E-state index in [-0.39, 0.29) is 11.3 Å². The number of piperidine rings is 1. The van der Waals surface area contributed by atoms with Gasteiger partial charge in [0.05, 0.1) is 11.1 Å². The van der Waals surface area contributed by atoms with Crippen LogP contribution in [0.25, 0.3) is 0 Å². The van der Waals surface area contributed by atoms with Gasteiger partial charge in [0.2, 0.25) is 0 Å². The minimum Gasteiger partial charge on any atom is -0.485 e. The molecule has 0 radical (unpaired) electrons. The molecule has 2 heterocycles. The van der Waals surface area contributed by atoms with Crippen LogP contribution >= 0.6 is 11.6 Å². The zero-order chi connectivity index (χ0) is 20.3. The average Bonchev–Trinajstić information content (AvgIpc) is 2.68. The van der Waals surface area contributed by atoms with Crippen LogP contribution in [0.1, 0.15) is 30.9 Å². The fraction of sp³-hybridized carbons (Fsp3) is 0.400. The Labute approximate surface area is 166 Å². The van der Waals surface area contributed by atoms with Gasteiger partial charge in [-0.05, 0) is 43.3 Å². The Balaban J connectivity index is 0.000000192. The lowest BCUT2D eigenvalue weighted by Gasteiger charge is -2.45. The number of aliphatic hydroxyl groups excluding tert-OH is 1. The Kier molecular flexibility index (Phi) is 6.27. The van der Waals surface area contributed by atoms with E-state index in [1.807, 2.05) is 18.2 Å². The second-order valence-corrected chi connectivity index (χ2v) is 7.56. The Bertz CT molecular complexity index is 857. The molecule has 0 aliphatic carbocycles. The molecule has 2 aliphatic heterocycles. The van der Waals surface area contributed by atoms with Gasteiger partial charge in [0, 0.05) is 31.1 Å². The number of hydrogen-bond acceptors (Lipinski definition) is 5. The Morgan fingerprint density at radius 2 is 1.93 bits per heavy atom. The van der Waals surface area contributed by atoms with Gasteiger partial charge in [0.1, 0.15) is 17.0 Å². The zero-order valence-electron chi connectivity index (χ0n) is 15.4. The summed E-state index contributed by atoms with van der Waals surface area (Å²) in [6.07, 6.45) is 2.11. The van der Waals surface area contributed by atoms with Crippen LogP contribution in [-0.2, 0) is 0 Å². The van der Waals surface area contributed by atoms with Crippen molar-refractivity contribution in [3.8, 4) is 5.75 Å². The highest BCUT2D eigenvalue weighted by atomic mass is 35.5. The van der Waals surface area contributed by atoms with Gasteiger partial charge in [0.25, 0.3) is 0 Å². The summed E-state index contributed by atoms with van der Waals surface area (Å²) in [4.78, 5) is 12.0. The molecule has 1 fully saturated rings. The Hall–Kier alpha value is -2.09. The molecule has 4 rings (SSSR count). The van der Waals surface area contributed by atoms with Crippen LogP contribution in [0.2, 0.25) is 5.02 Å². The van der Waals surface area contributed by atoms with Gasteiger partial charge in [0.15, 0.2) is 11.6 Å². The molecule has 1 saturated heterocycles. The van der Waals surface area contributed by atoms with Crippen LogP contribution in [0.3, 0.4) is 0 Å². The fourth-order valence-corrected chi connectivity index (χ4v) is 3.71. The first-order valence-corrected chi connectivity index (χ1v) is 9.34. The highest BCUT2D eigenvalue weighted by Gasteiger charge is 2.42. The maximum atomic E-state index is 12.2. The van der Waals surface area contributed by atoms with Gasteiger partial charge in [-0.15, -0.1) is 4.91 Å². The lowest BCUT2D eigenvalue weighted by atomic mass is 9.82. The number of hydrogen-bond donors (Lipinski definition) is 1. The van der Waals surface area contributed by atoms with Crippen molar-refractivity contribution in [3.63, 3.8) is 0 Å². The Morgan fingerprint density at radius 1 is 1.21 bits per heavy atom. The maximum Gasteiger partial charge on any atom is 0.161 e. The topological polar surface area (TPSA) is 62.1 Å². The number of rotatable bonds is 1. The first kappa shape index (κ1) is 20.6. The molecule has 0 amide bonds. The number of aliphatic hydroxyl groups is 1. The normalized spacial score (nSPS) is 20.5. The van der Waals surface area contributed by atoms with Crippen LogP contribution in [0, 0.1) is 16.5 Å². The van der Waals surface area contributed by atoms with Crippen LogP contribution in [0.5, 0.6) is 5.75 Å². The van der Waals surface area contributed by atoms with Crippen molar-refractivity contribution < 1.29 is 18.6 Å². The van der Waals surface area contributed by atoms with Crippen molar-refractivity contribution in [2.24, 2.45) is 5.18 Å². The van der Waals surface area contributed by atoms with Crippen molar-refractivity contribution in [3.05, 3.63) is 63.5 Å². The van der Waals surface area contributed by atoms with Crippen molar-refractivity contribution >= 4 is 17.3 Å². The van der Waals surface area contributed by atoms with Crippen LogP contribution in [0.4, 0.5) is 14.5 Å².